The van der Waals surface area contributed by atoms with E-state index in [4.69, 9.17) is 4.74 Å². The van der Waals surface area contributed by atoms with Gasteiger partial charge in [-0.3, -0.25) is 0 Å². The van der Waals surface area contributed by atoms with Gasteiger partial charge in [0, 0.05) is 24.8 Å². The average molecular weight is 305 g/mol. The molecule has 0 bridgehead atoms. The second-order valence-corrected chi connectivity index (χ2v) is 5.80. The van der Waals surface area contributed by atoms with E-state index in [1.54, 1.807) is 6.20 Å². The van der Waals surface area contributed by atoms with E-state index in [2.05, 4.69) is 15.6 Å². The monoisotopic (exact) mass is 305 g/mol. The average Bonchev–Trinajstić information content (AvgIpc) is 2.49. The van der Waals surface area contributed by atoms with E-state index >= 15 is 0 Å². The molecule has 22 heavy (non-hydrogen) atoms. The van der Waals surface area contributed by atoms with Crippen molar-refractivity contribution in [3.8, 4) is 5.88 Å². The number of aromatic nitrogens is 1. The van der Waals surface area contributed by atoms with Crippen LogP contribution < -0.4 is 15.4 Å². The van der Waals surface area contributed by atoms with Crippen LogP contribution in [0.1, 0.15) is 57.4 Å². The molecule has 0 saturated heterocycles. The summed E-state index contributed by atoms with van der Waals surface area (Å²) in [5.74, 6) is 0.599. The van der Waals surface area contributed by atoms with Crippen molar-refractivity contribution in [1.82, 2.24) is 15.6 Å². The summed E-state index contributed by atoms with van der Waals surface area (Å²) in [5.41, 5.74) is 0.992. The molecule has 0 spiro atoms. The van der Waals surface area contributed by atoms with Crippen LogP contribution in [0, 0.1) is 0 Å². The predicted octanol–water partition coefficient (Wildman–Crippen LogP) is 3.39. The van der Waals surface area contributed by atoms with Crippen molar-refractivity contribution < 1.29 is 9.53 Å². The minimum Gasteiger partial charge on any atom is -0.478 e. The van der Waals surface area contributed by atoms with Crippen molar-refractivity contribution in [2.24, 2.45) is 0 Å². The lowest BCUT2D eigenvalue weighted by Crippen LogP contribution is -2.42. The molecule has 5 heteroatoms. The summed E-state index contributed by atoms with van der Waals surface area (Å²) in [7, 11) is 0. The lowest BCUT2D eigenvalue weighted by molar-refractivity contribution is 0.233. The number of nitrogens with zero attached hydrogens (tertiary/aromatic N) is 1. The quantitative estimate of drug-likeness (QED) is 0.876. The summed E-state index contributed by atoms with van der Waals surface area (Å²) in [6.45, 7) is 3.00. The van der Waals surface area contributed by atoms with Crippen LogP contribution in [-0.2, 0) is 6.54 Å². The third-order valence-corrected chi connectivity index (χ3v) is 3.98. The Morgan fingerprint density at radius 3 is 2.73 bits per heavy atom. The van der Waals surface area contributed by atoms with E-state index in [0.717, 1.165) is 18.4 Å². The first-order chi connectivity index (χ1) is 10.8. The largest absolute Gasteiger partial charge is 0.478 e. The van der Waals surface area contributed by atoms with Crippen LogP contribution in [0.4, 0.5) is 4.79 Å². The second-order valence-electron chi connectivity index (χ2n) is 5.80. The highest BCUT2D eigenvalue weighted by molar-refractivity contribution is 5.74. The van der Waals surface area contributed by atoms with E-state index < -0.39 is 0 Å². The van der Waals surface area contributed by atoms with Gasteiger partial charge in [0.05, 0.1) is 6.61 Å². The summed E-state index contributed by atoms with van der Waals surface area (Å²) in [6, 6.07) is 3.98. The van der Waals surface area contributed by atoms with Crippen LogP contribution >= 0.6 is 0 Å². The second kappa shape index (κ2) is 9.28. The Kier molecular flexibility index (Phi) is 7.00. The van der Waals surface area contributed by atoms with Crippen molar-refractivity contribution in [3.05, 3.63) is 23.9 Å². The fourth-order valence-corrected chi connectivity index (χ4v) is 2.81. The Labute approximate surface area is 132 Å². The summed E-state index contributed by atoms with van der Waals surface area (Å²) in [6.07, 6.45) is 10.2. The molecule has 1 aromatic rings. The summed E-state index contributed by atoms with van der Waals surface area (Å²) in [5, 5.41) is 6.02. The Morgan fingerprint density at radius 1 is 1.27 bits per heavy atom. The third-order valence-electron chi connectivity index (χ3n) is 3.98. The normalized spacial score (nSPS) is 16.4. The first kappa shape index (κ1) is 16.6. The maximum absolute atomic E-state index is 12.0. The number of amides is 2. The molecule has 1 aliphatic carbocycles. The number of ether oxygens (including phenoxy) is 1. The Morgan fingerprint density at radius 2 is 2.00 bits per heavy atom. The van der Waals surface area contributed by atoms with Crippen LogP contribution in [0.5, 0.6) is 5.88 Å². The van der Waals surface area contributed by atoms with Gasteiger partial charge in [-0.25, -0.2) is 9.78 Å². The van der Waals surface area contributed by atoms with Crippen LogP contribution in [0.3, 0.4) is 0 Å². The summed E-state index contributed by atoms with van der Waals surface area (Å²) >= 11 is 0. The molecule has 0 aromatic carbocycles. The first-order valence-corrected chi connectivity index (χ1v) is 8.40. The van der Waals surface area contributed by atoms with Gasteiger partial charge in [0.2, 0.25) is 5.88 Å². The minimum absolute atomic E-state index is 0.0830. The third kappa shape index (κ3) is 5.92. The van der Waals surface area contributed by atoms with Crippen LogP contribution in [0.15, 0.2) is 18.3 Å². The van der Waals surface area contributed by atoms with Crippen LogP contribution in [-0.4, -0.2) is 23.7 Å². The number of carbonyl (C=O) groups is 1. The van der Waals surface area contributed by atoms with E-state index in [1.807, 2.05) is 19.1 Å². The molecule has 1 aliphatic rings. The van der Waals surface area contributed by atoms with Crippen molar-refractivity contribution in [2.45, 2.75) is 64.5 Å². The van der Waals surface area contributed by atoms with Gasteiger partial charge in [0.25, 0.3) is 0 Å². The van der Waals surface area contributed by atoms with Crippen LogP contribution in [0.25, 0.3) is 0 Å². The topological polar surface area (TPSA) is 63.2 Å². The zero-order valence-corrected chi connectivity index (χ0v) is 13.4. The zero-order chi connectivity index (χ0) is 15.6. The number of carbonyl (C=O) groups excluding carboxylic acids is 1. The van der Waals surface area contributed by atoms with Gasteiger partial charge in [0.1, 0.15) is 0 Å². The minimum atomic E-state index is -0.0830. The Bertz CT molecular complexity index is 457. The molecule has 0 radical (unpaired) electrons. The molecule has 2 amide bonds. The van der Waals surface area contributed by atoms with E-state index in [-0.39, 0.29) is 6.03 Å². The van der Waals surface area contributed by atoms with Gasteiger partial charge in [-0.15, -0.1) is 0 Å². The number of rotatable bonds is 5. The van der Waals surface area contributed by atoms with Gasteiger partial charge in [0.15, 0.2) is 0 Å². The van der Waals surface area contributed by atoms with E-state index in [0.29, 0.717) is 25.1 Å². The maximum Gasteiger partial charge on any atom is 0.315 e. The fourth-order valence-electron chi connectivity index (χ4n) is 2.81. The van der Waals surface area contributed by atoms with E-state index in [9.17, 15) is 4.79 Å². The lowest BCUT2D eigenvalue weighted by Gasteiger charge is -2.21. The van der Waals surface area contributed by atoms with Gasteiger partial charge in [-0.05, 0) is 31.4 Å². The molecule has 0 aliphatic heterocycles. The highest BCUT2D eigenvalue weighted by atomic mass is 16.5. The van der Waals surface area contributed by atoms with Crippen molar-refractivity contribution in [1.29, 1.82) is 0 Å². The van der Waals surface area contributed by atoms with Gasteiger partial charge in [-0.2, -0.15) is 0 Å². The number of nitrogens with one attached hydrogen (secondary N) is 2. The van der Waals surface area contributed by atoms with Crippen molar-refractivity contribution in [3.63, 3.8) is 0 Å². The maximum atomic E-state index is 12.0. The standard InChI is InChI=1S/C17H27N3O2/c1-2-22-16-12-14(10-11-18-16)13-19-17(21)20-15-8-6-4-3-5-7-9-15/h10-12,15H,2-9,13H2,1H3,(H2,19,20,21). The highest BCUT2D eigenvalue weighted by Gasteiger charge is 2.13. The Hall–Kier alpha value is -1.78. The summed E-state index contributed by atoms with van der Waals surface area (Å²) in [4.78, 5) is 16.1. The lowest BCUT2D eigenvalue weighted by atomic mass is 9.97. The molecule has 1 saturated carbocycles. The molecule has 1 fully saturated rings. The number of hydrogen-bond donors (Lipinski definition) is 2. The Balaban J connectivity index is 1.75. The predicted molar refractivity (Wildman–Crippen MR) is 86.9 cm³/mol. The number of pyridine rings is 1. The molecule has 122 valence electrons. The molecule has 2 rings (SSSR count). The first-order valence-electron chi connectivity index (χ1n) is 8.40. The SMILES string of the molecule is CCOc1cc(CNC(=O)NC2CCCCCCC2)ccn1. The number of hydrogen-bond acceptors (Lipinski definition) is 3. The van der Waals surface area contributed by atoms with Crippen molar-refractivity contribution in [2.75, 3.05) is 6.61 Å². The van der Waals surface area contributed by atoms with E-state index in [1.165, 1.54) is 32.1 Å². The smallest absolute Gasteiger partial charge is 0.315 e. The zero-order valence-electron chi connectivity index (χ0n) is 13.4. The molecule has 0 atom stereocenters. The van der Waals surface area contributed by atoms with Crippen molar-refractivity contribution >= 4 is 6.03 Å². The highest BCUT2D eigenvalue weighted by Crippen LogP contribution is 2.17. The van der Waals surface area contributed by atoms with Gasteiger partial charge in [-0.1, -0.05) is 32.1 Å². The molecular weight excluding hydrogens is 278 g/mol. The molecule has 0 unspecified atom stereocenters. The van der Waals surface area contributed by atoms with Crippen LogP contribution in [0.2, 0.25) is 0 Å². The van der Waals surface area contributed by atoms with Gasteiger partial charge >= 0.3 is 6.03 Å². The molecule has 1 heterocycles. The molecular formula is C17H27N3O2. The fraction of sp³-hybridized carbons (Fsp3) is 0.647. The molecule has 1 aromatic heterocycles. The number of urea groups is 1. The molecule has 2 N–H and O–H groups in total. The summed E-state index contributed by atoms with van der Waals surface area (Å²) < 4.78 is 5.36. The van der Waals surface area contributed by atoms with Gasteiger partial charge < -0.3 is 15.4 Å². The molecule has 5 nitrogen and oxygen atoms in total.